The highest BCUT2D eigenvalue weighted by Crippen LogP contribution is 2.16. The molecule has 0 radical (unpaired) electrons. The molecule has 1 aliphatic rings. The second kappa shape index (κ2) is 10.1. The smallest absolute Gasteiger partial charge is 0.317 e. The molecule has 0 aromatic heterocycles. The van der Waals surface area contributed by atoms with Crippen molar-refractivity contribution in [3.05, 3.63) is 66.0 Å². The fourth-order valence-electron chi connectivity index (χ4n) is 3.37. The number of carbonyl (C=O) groups is 1. The maximum Gasteiger partial charge on any atom is 0.317 e. The highest BCUT2D eigenvalue weighted by molar-refractivity contribution is 5.74. The number of para-hydroxylation sites is 1. The van der Waals surface area contributed by atoms with Crippen LogP contribution in [0.4, 0.5) is 9.18 Å². The van der Waals surface area contributed by atoms with E-state index < -0.39 is 0 Å². The first-order valence-corrected chi connectivity index (χ1v) is 9.77. The van der Waals surface area contributed by atoms with Crippen molar-refractivity contribution < 1.29 is 13.9 Å². The van der Waals surface area contributed by atoms with Crippen molar-refractivity contribution in [1.82, 2.24) is 15.1 Å². The van der Waals surface area contributed by atoms with Crippen molar-refractivity contribution in [2.24, 2.45) is 0 Å². The third-order valence-electron chi connectivity index (χ3n) is 4.93. The first kappa shape index (κ1) is 20.1. The zero-order valence-corrected chi connectivity index (χ0v) is 16.3. The van der Waals surface area contributed by atoms with Crippen molar-refractivity contribution in [3.63, 3.8) is 0 Å². The van der Waals surface area contributed by atoms with Gasteiger partial charge in [-0.2, -0.15) is 0 Å². The Morgan fingerprint density at radius 1 is 1.21 bits per heavy atom. The molecule has 28 heavy (non-hydrogen) atoms. The van der Waals surface area contributed by atoms with E-state index >= 15 is 0 Å². The molecule has 1 aliphatic heterocycles. The van der Waals surface area contributed by atoms with Gasteiger partial charge in [0.1, 0.15) is 0 Å². The Bertz CT molecular complexity index is 756. The van der Waals surface area contributed by atoms with Gasteiger partial charge in [0.2, 0.25) is 0 Å². The number of halogens is 1. The number of rotatable bonds is 8. The minimum Gasteiger partial charge on any atom is -0.490 e. The van der Waals surface area contributed by atoms with Crippen molar-refractivity contribution in [2.75, 3.05) is 33.3 Å². The van der Waals surface area contributed by atoms with Crippen LogP contribution in [0.3, 0.4) is 0 Å². The van der Waals surface area contributed by atoms with E-state index in [2.05, 4.69) is 34.5 Å². The third kappa shape index (κ3) is 5.96. The van der Waals surface area contributed by atoms with Crippen LogP contribution >= 0.6 is 0 Å². The number of likely N-dealkylation sites (tertiary alicyclic amines) is 1. The number of hydrogen-bond acceptors (Lipinski definition) is 3. The first-order valence-electron chi connectivity index (χ1n) is 9.77. The van der Waals surface area contributed by atoms with Crippen molar-refractivity contribution >= 4 is 6.03 Å². The maximum absolute atomic E-state index is 13.5. The summed E-state index contributed by atoms with van der Waals surface area (Å²) in [5, 5.41) is 3.11. The molecular formula is C22H28FN3O2. The molecule has 1 heterocycles. The molecule has 0 aliphatic carbocycles. The van der Waals surface area contributed by atoms with E-state index in [0.29, 0.717) is 19.6 Å². The average Bonchev–Trinajstić information content (AvgIpc) is 3.13. The molecule has 1 atom stereocenters. The van der Waals surface area contributed by atoms with Crippen LogP contribution in [-0.2, 0) is 6.54 Å². The summed E-state index contributed by atoms with van der Waals surface area (Å²) in [5.74, 6) is -0.117. The normalized spacial score (nSPS) is 16.7. The SMILES string of the molecule is CN(CCCOc1ccccc1F)C(=O)N[C@H]1CCN(Cc2ccccc2)C1. The molecule has 0 bridgehead atoms. The molecule has 6 heteroatoms. The molecule has 2 aromatic carbocycles. The standard InChI is InChI=1S/C22H28FN3O2/c1-25(13-7-15-28-21-11-6-5-10-20(21)23)22(27)24-19-12-14-26(17-19)16-18-8-3-2-4-9-18/h2-6,8-11,19H,7,12-17H2,1H3,(H,24,27)/t19-/m0/s1. The molecule has 3 rings (SSSR count). The Hall–Kier alpha value is -2.60. The van der Waals surface area contributed by atoms with Crippen molar-refractivity contribution in [1.29, 1.82) is 0 Å². The van der Waals surface area contributed by atoms with Gasteiger partial charge in [-0.25, -0.2) is 9.18 Å². The van der Waals surface area contributed by atoms with E-state index in [1.807, 2.05) is 6.07 Å². The Labute approximate surface area is 166 Å². The molecule has 5 nitrogen and oxygen atoms in total. The van der Waals surface area contributed by atoms with Crippen LogP contribution in [0.25, 0.3) is 0 Å². The molecule has 150 valence electrons. The van der Waals surface area contributed by atoms with E-state index in [9.17, 15) is 9.18 Å². The van der Waals surface area contributed by atoms with Gasteiger partial charge in [-0.3, -0.25) is 4.90 Å². The van der Waals surface area contributed by atoms with E-state index in [4.69, 9.17) is 4.74 Å². The Morgan fingerprint density at radius 2 is 1.96 bits per heavy atom. The van der Waals surface area contributed by atoms with Crippen LogP contribution in [0, 0.1) is 5.82 Å². The number of nitrogens with zero attached hydrogens (tertiary/aromatic N) is 2. The van der Waals surface area contributed by atoms with Crippen molar-refractivity contribution in [2.45, 2.75) is 25.4 Å². The lowest BCUT2D eigenvalue weighted by Crippen LogP contribution is -2.44. The summed E-state index contributed by atoms with van der Waals surface area (Å²) < 4.78 is 18.9. The molecule has 0 unspecified atom stereocenters. The van der Waals surface area contributed by atoms with Crippen LogP contribution in [0.5, 0.6) is 5.75 Å². The summed E-state index contributed by atoms with van der Waals surface area (Å²) >= 11 is 0. The van der Waals surface area contributed by atoms with Gasteiger partial charge in [-0.15, -0.1) is 0 Å². The summed E-state index contributed by atoms with van der Waals surface area (Å²) in [4.78, 5) is 16.4. The fraction of sp³-hybridized carbons (Fsp3) is 0.409. The summed E-state index contributed by atoms with van der Waals surface area (Å²) in [6.07, 6.45) is 1.60. The Kier molecular flexibility index (Phi) is 7.25. The highest BCUT2D eigenvalue weighted by Gasteiger charge is 2.24. The number of benzene rings is 2. The molecule has 0 spiro atoms. The van der Waals surface area contributed by atoms with E-state index in [1.165, 1.54) is 11.6 Å². The lowest BCUT2D eigenvalue weighted by Gasteiger charge is -2.21. The molecule has 1 N–H and O–H groups in total. The second-order valence-electron chi connectivity index (χ2n) is 7.21. The largest absolute Gasteiger partial charge is 0.490 e. The monoisotopic (exact) mass is 385 g/mol. The fourth-order valence-corrected chi connectivity index (χ4v) is 3.37. The number of amides is 2. The number of hydrogen-bond donors (Lipinski definition) is 1. The van der Waals surface area contributed by atoms with Gasteiger partial charge in [0.05, 0.1) is 6.61 Å². The van der Waals surface area contributed by atoms with Gasteiger partial charge >= 0.3 is 6.03 Å². The first-order chi connectivity index (χ1) is 13.6. The van der Waals surface area contributed by atoms with Crippen LogP contribution in [-0.4, -0.2) is 55.2 Å². The zero-order chi connectivity index (χ0) is 19.8. The highest BCUT2D eigenvalue weighted by atomic mass is 19.1. The van der Waals surface area contributed by atoms with Gasteiger partial charge in [-0.1, -0.05) is 42.5 Å². The molecule has 1 saturated heterocycles. The number of carbonyl (C=O) groups excluding carboxylic acids is 1. The molecule has 1 fully saturated rings. The molecular weight excluding hydrogens is 357 g/mol. The van der Waals surface area contributed by atoms with E-state index in [0.717, 1.165) is 26.1 Å². The molecule has 2 aromatic rings. The molecule has 0 saturated carbocycles. The van der Waals surface area contributed by atoms with Crippen LogP contribution < -0.4 is 10.1 Å². The third-order valence-corrected chi connectivity index (χ3v) is 4.93. The second-order valence-corrected chi connectivity index (χ2v) is 7.21. The van der Waals surface area contributed by atoms with Gasteiger partial charge in [0.25, 0.3) is 0 Å². The van der Waals surface area contributed by atoms with Gasteiger partial charge < -0.3 is 15.0 Å². The van der Waals surface area contributed by atoms with Gasteiger partial charge in [0.15, 0.2) is 11.6 Å². The number of ether oxygens (including phenoxy) is 1. The number of urea groups is 1. The Balaban J connectivity index is 1.33. The van der Waals surface area contributed by atoms with Gasteiger partial charge in [0, 0.05) is 39.3 Å². The minimum absolute atomic E-state index is 0.0718. The minimum atomic E-state index is -0.366. The van der Waals surface area contributed by atoms with E-state index in [1.54, 1.807) is 30.1 Å². The van der Waals surface area contributed by atoms with Crippen LogP contribution in [0.15, 0.2) is 54.6 Å². The summed E-state index contributed by atoms with van der Waals surface area (Å²) in [7, 11) is 1.77. The van der Waals surface area contributed by atoms with Crippen LogP contribution in [0.1, 0.15) is 18.4 Å². The zero-order valence-electron chi connectivity index (χ0n) is 16.3. The van der Waals surface area contributed by atoms with E-state index in [-0.39, 0.29) is 23.6 Å². The lowest BCUT2D eigenvalue weighted by molar-refractivity contribution is 0.198. The maximum atomic E-state index is 13.5. The lowest BCUT2D eigenvalue weighted by atomic mass is 10.2. The predicted octanol–water partition coefficient (Wildman–Crippen LogP) is 3.51. The topological polar surface area (TPSA) is 44.8 Å². The Morgan fingerprint density at radius 3 is 2.75 bits per heavy atom. The summed E-state index contributed by atoms with van der Waals surface area (Å²) in [6, 6.07) is 16.8. The predicted molar refractivity (Wildman–Crippen MR) is 108 cm³/mol. The molecule has 2 amide bonds. The van der Waals surface area contributed by atoms with Crippen molar-refractivity contribution in [3.8, 4) is 5.75 Å². The summed E-state index contributed by atoms with van der Waals surface area (Å²) in [6.45, 7) is 3.69. The number of nitrogens with one attached hydrogen (secondary N) is 1. The quantitative estimate of drug-likeness (QED) is 0.708. The van der Waals surface area contributed by atoms with Gasteiger partial charge in [-0.05, 0) is 30.5 Å². The average molecular weight is 385 g/mol. The van der Waals surface area contributed by atoms with Crippen LogP contribution in [0.2, 0.25) is 0 Å². The summed E-state index contributed by atoms with van der Waals surface area (Å²) in [5.41, 5.74) is 1.29.